The Hall–Kier alpha value is -0.690. The molecule has 1 aliphatic rings. The SMILES string of the molecule is O=S(=O)(NCCOC1CCCC1)c1cccnc1Cl. The fourth-order valence-corrected chi connectivity index (χ4v) is 3.57. The summed E-state index contributed by atoms with van der Waals surface area (Å²) < 4.78 is 32.0. The van der Waals surface area contributed by atoms with Gasteiger partial charge in [0.25, 0.3) is 0 Å². The molecule has 1 heterocycles. The minimum absolute atomic E-state index is 0.00228. The van der Waals surface area contributed by atoms with Crippen molar-refractivity contribution in [3.8, 4) is 0 Å². The van der Waals surface area contributed by atoms with Crippen LogP contribution in [0.25, 0.3) is 0 Å². The summed E-state index contributed by atoms with van der Waals surface area (Å²) in [5.41, 5.74) is 0. The summed E-state index contributed by atoms with van der Waals surface area (Å²) in [6.07, 6.45) is 6.27. The number of sulfonamides is 1. The number of rotatable bonds is 6. The van der Waals surface area contributed by atoms with Crippen molar-refractivity contribution in [3.05, 3.63) is 23.5 Å². The molecule has 0 atom stereocenters. The predicted octanol–water partition coefficient (Wildman–Crippen LogP) is 1.97. The molecule has 0 amide bonds. The van der Waals surface area contributed by atoms with Crippen LogP contribution in [0, 0.1) is 0 Å². The Bertz CT molecular complexity index is 515. The molecule has 1 N–H and O–H groups in total. The van der Waals surface area contributed by atoms with Crippen LogP contribution in [0.1, 0.15) is 25.7 Å². The smallest absolute Gasteiger partial charge is 0.243 e. The average Bonchev–Trinajstić information content (AvgIpc) is 2.88. The minimum Gasteiger partial charge on any atom is -0.377 e. The number of nitrogens with zero attached hydrogens (tertiary/aromatic N) is 1. The van der Waals surface area contributed by atoms with Gasteiger partial charge in [0.15, 0.2) is 0 Å². The topological polar surface area (TPSA) is 68.3 Å². The molecule has 5 nitrogen and oxygen atoms in total. The molecule has 0 bridgehead atoms. The van der Waals surface area contributed by atoms with E-state index in [0.29, 0.717) is 6.61 Å². The third-order valence-corrected chi connectivity index (χ3v) is 4.97. The van der Waals surface area contributed by atoms with Crippen LogP contribution >= 0.6 is 11.6 Å². The molecule has 1 aliphatic carbocycles. The second-order valence-corrected chi connectivity index (χ2v) is 6.56. The van der Waals surface area contributed by atoms with Crippen molar-refractivity contribution < 1.29 is 13.2 Å². The van der Waals surface area contributed by atoms with Gasteiger partial charge in [0.05, 0.1) is 12.7 Å². The van der Waals surface area contributed by atoms with E-state index < -0.39 is 10.0 Å². The van der Waals surface area contributed by atoms with Gasteiger partial charge in [-0.25, -0.2) is 18.1 Å². The molecule has 1 aromatic rings. The molecule has 1 aromatic heterocycles. The van der Waals surface area contributed by atoms with E-state index in [1.165, 1.54) is 31.2 Å². The van der Waals surface area contributed by atoms with Crippen LogP contribution in [0.4, 0.5) is 0 Å². The molecule has 0 radical (unpaired) electrons. The van der Waals surface area contributed by atoms with Gasteiger partial charge in [-0.05, 0) is 25.0 Å². The molecule has 19 heavy (non-hydrogen) atoms. The lowest BCUT2D eigenvalue weighted by Crippen LogP contribution is -2.29. The summed E-state index contributed by atoms with van der Waals surface area (Å²) in [4.78, 5) is 3.75. The number of halogens is 1. The molecular formula is C12H17ClN2O3S. The third-order valence-electron chi connectivity index (χ3n) is 3.06. The Morgan fingerprint density at radius 1 is 1.42 bits per heavy atom. The maximum Gasteiger partial charge on any atom is 0.243 e. The highest BCUT2D eigenvalue weighted by molar-refractivity contribution is 7.89. The van der Waals surface area contributed by atoms with Crippen LogP contribution in [-0.4, -0.2) is 32.7 Å². The lowest BCUT2D eigenvalue weighted by Gasteiger charge is -2.12. The standard InChI is InChI=1S/C12H17ClN2O3S/c13-12-11(6-3-7-14-12)19(16,17)15-8-9-18-10-4-1-2-5-10/h3,6-7,10,15H,1-2,4-5,8-9H2. The van der Waals surface area contributed by atoms with Gasteiger partial charge in [-0.1, -0.05) is 24.4 Å². The highest BCUT2D eigenvalue weighted by Gasteiger charge is 2.19. The maximum atomic E-state index is 12.0. The van der Waals surface area contributed by atoms with E-state index in [1.807, 2.05) is 0 Å². The Morgan fingerprint density at radius 2 is 2.16 bits per heavy atom. The van der Waals surface area contributed by atoms with Crippen LogP contribution in [0.15, 0.2) is 23.2 Å². The van der Waals surface area contributed by atoms with E-state index >= 15 is 0 Å². The lowest BCUT2D eigenvalue weighted by atomic mass is 10.3. The zero-order valence-electron chi connectivity index (χ0n) is 10.5. The first kappa shape index (κ1) is 14.7. The zero-order chi connectivity index (χ0) is 13.7. The molecule has 7 heteroatoms. The van der Waals surface area contributed by atoms with Crippen LogP contribution < -0.4 is 4.72 Å². The van der Waals surface area contributed by atoms with Crippen molar-refractivity contribution >= 4 is 21.6 Å². The van der Waals surface area contributed by atoms with Gasteiger partial charge < -0.3 is 4.74 Å². The fourth-order valence-electron chi connectivity index (χ4n) is 2.11. The highest BCUT2D eigenvalue weighted by Crippen LogP contribution is 2.20. The second-order valence-electron chi connectivity index (χ2n) is 4.47. The highest BCUT2D eigenvalue weighted by atomic mass is 35.5. The molecule has 0 aliphatic heterocycles. The first-order valence-corrected chi connectivity index (χ1v) is 8.17. The first-order valence-electron chi connectivity index (χ1n) is 6.31. The zero-order valence-corrected chi connectivity index (χ0v) is 12.1. The van der Waals surface area contributed by atoms with E-state index in [9.17, 15) is 8.42 Å². The largest absolute Gasteiger partial charge is 0.377 e. The first-order chi connectivity index (χ1) is 9.09. The summed E-state index contributed by atoms with van der Waals surface area (Å²) >= 11 is 5.76. The van der Waals surface area contributed by atoms with Crippen molar-refractivity contribution in [3.63, 3.8) is 0 Å². The molecule has 2 rings (SSSR count). The van der Waals surface area contributed by atoms with E-state index in [0.717, 1.165) is 12.8 Å². The Balaban J connectivity index is 1.82. The summed E-state index contributed by atoms with van der Waals surface area (Å²) in [6.45, 7) is 0.617. The number of hydrogen-bond acceptors (Lipinski definition) is 4. The molecule has 0 unspecified atom stereocenters. The summed E-state index contributed by atoms with van der Waals surface area (Å²) in [5.74, 6) is 0. The summed E-state index contributed by atoms with van der Waals surface area (Å²) in [7, 11) is -3.61. The summed E-state index contributed by atoms with van der Waals surface area (Å²) in [5, 5.41) is -0.0216. The van der Waals surface area contributed by atoms with Gasteiger partial charge in [-0.15, -0.1) is 0 Å². The van der Waals surface area contributed by atoms with Crippen molar-refractivity contribution in [1.82, 2.24) is 9.71 Å². The lowest BCUT2D eigenvalue weighted by molar-refractivity contribution is 0.0626. The Kier molecular flexibility index (Phi) is 5.15. The predicted molar refractivity (Wildman–Crippen MR) is 72.6 cm³/mol. The Labute approximate surface area is 118 Å². The van der Waals surface area contributed by atoms with Crippen LogP contribution in [0.2, 0.25) is 5.15 Å². The molecular weight excluding hydrogens is 288 g/mol. The normalized spacial score (nSPS) is 16.9. The molecule has 0 aromatic carbocycles. The van der Waals surface area contributed by atoms with Gasteiger partial charge in [-0.2, -0.15) is 0 Å². The molecule has 1 fully saturated rings. The van der Waals surface area contributed by atoms with E-state index in [4.69, 9.17) is 16.3 Å². The molecule has 0 spiro atoms. The third kappa shape index (κ3) is 4.14. The average molecular weight is 305 g/mol. The number of pyridine rings is 1. The van der Waals surface area contributed by atoms with Crippen LogP contribution in [0.5, 0.6) is 0 Å². The number of aromatic nitrogens is 1. The van der Waals surface area contributed by atoms with E-state index in [2.05, 4.69) is 9.71 Å². The van der Waals surface area contributed by atoms with Crippen molar-refractivity contribution in [2.24, 2.45) is 0 Å². The number of hydrogen-bond donors (Lipinski definition) is 1. The van der Waals surface area contributed by atoms with Crippen molar-refractivity contribution in [2.75, 3.05) is 13.2 Å². The van der Waals surface area contributed by atoms with Crippen molar-refractivity contribution in [1.29, 1.82) is 0 Å². The van der Waals surface area contributed by atoms with Crippen LogP contribution in [-0.2, 0) is 14.8 Å². The van der Waals surface area contributed by atoms with Gasteiger partial charge in [-0.3, -0.25) is 0 Å². The van der Waals surface area contributed by atoms with Gasteiger partial charge in [0.2, 0.25) is 10.0 Å². The number of ether oxygens (including phenoxy) is 1. The quantitative estimate of drug-likeness (QED) is 0.644. The van der Waals surface area contributed by atoms with Gasteiger partial charge >= 0.3 is 0 Å². The van der Waals surface area contributed by atoms with Gasteiger partial charge in [0.1, 0.15) is 10.0 Å². The maximum absolute atomic E-state index is 12.0. The Morgan fingerprint density at radius 3 is 2.84 bits per heavy atom. The monoisotopic (exact) mass is 304 g/mol. The summed E-state index contributed by atoms with van der Waals surface area (Å²) in [6, 6.07) is 2.96. The molecule has 0 saturated heterocycles. The minimum atomic E-state index is -3.61. The van der Waals surface area contributed by atoms with Crippen molar-refractivity contribution in [2.45, 2.75) is 36.7 Å². The van der Waals surface area contributed by atoms with Crippen LogP contribution in [0.3, 0.4) is 0 Å². The molecule has 106 valence electrons. The van der Waals surface area contributed by atoms with E-state index in [-0.39, 0.29) is 22.7 Å². The van der Waals surface area contributed by atoms with Gasteiger partial charge in [0, 0.05) is 12.7 Å². The number of nitrogens with one attached hydrogen (secondary N) is 1. The second kappa shape index (κ2) is 6.65. The van der Waals surface area contributed by atoms with E-state index in [1.54, 1.807) is 0 Å². The molecule has 1 saturated carbocycles. The fraction of sp³-hybridized carbons (Fsp3) is 0.583.